The number of hydrogen-bond donors (Lipinski definition) is 0. The second-order valence-corrected chi connectivity index (χ2v) is 6.57. The average Bonchev–Trinajstić information content (AvgIpc) is 3.12. The van der Waals surface area contributed by atoms with E-state index in [4.69, 9.17) is 4.74 Å². The number of morpholine rings is 1. The topological polar surface area (TPSA) is 63.9 Å². The Balaban J connectivity index is 1.59. The highest BCUT2D eigenvalue weighted by atomic mass is 32.1. The van der Waals surface area contributed by atoms with E-state index in [0.29, 0.717) is 24.7 Å². The molecule has 6 nitrogen and oxygen atoms in total. The summed E-state index contributed by atoms with van der Waals surface area (Å²) < 4.78 is 20.1. The maximum Gasteiger partial charge on any atom is 0.271 e. The van der Waals surface area contributed by atoms with Crippen molar-refractivity contribution in [3.05, 3.63) is 69.3 Å². The number of nitrogens with zero attached hydrogens (tertiary/aromatic N) is 3. The first-order chi connectivity index (χ1) is 12.1. The van der Waals surface area contributed by atoms with Gasteiger partial charge in [0.2, 0.25) is 0 Å². The molecular weight excluding hydrogens is 345 g/mol. The number of thiazole rings is 1. The molecule has 3 aromatic rings. The summed E-state index contributed by atoms with van der Waals surface area (Å²) >= 11 is 1.33. The van der Waals surface area contributed by atoms with E-state index in [-0.39, 0.29) is 29.0 Å². The third-order valence-corrected chi connectivity index (χ3v) is 4.94. The second kappa shape index (κ2) is 6.38. The van der Waals surface area contributed by atoms with Crippen LogP contribution in [-0.4, -0.2) is 39.9 Å². The Hall–Kier alpha value is -2.58. The third kappa shape index (κ3) is 2.94. The lowest BCUT2D eigenvalue weighted by Crippen LogP contribution is -2.44. The molecular formula is C17H14FN3O3S. The van der Waals surface area contributed by atoms with Gasteiger partial charge in [0.15, 0.2) is 4.96 Å². The molecule has 1 aliphatic rings. The molecule has 25 heavy (non-hydrogen) atoms. The van der Waals surface area contributed by atoms with Crippen LogP contribution in [0.4, 0.5) is 4.39 Å². The van der Waals surface area contributed by atoms with Crippen LogP contribution in [-0.2, 0) is 4.74 Å². The fraction of sp³-hybridized carbons (Fsp3) is 0.235. The number of ether oxygens (including phenoxy) is 1. The molecule has 1 aromatic carbocycles. The van der Waals surface area contributed by atoms with Gasteiger partial charge in [-0.25, -0.2) is 9.37 Å². The zero-order chi connectivity index (χ0) is 17.4. The van der Waals surface area contributed by atoms with E-state index >= 15 is 0 Å². The Morgan fingerprint density at radius 2 is 2.12 bits per heavy atom. The molecule has 128 valence electrons. The molecule has 0 radical (unpaired) electrons. The van der Waals surface area contributed by atoms with E-state index in [0.717, 1.165) is 5.56 Å². The maximum absolute atomic E-state index is 13.1. The third-order valence-electron chi connectivity index (χ3n) is 4.17. The number of amides is 1. The molecule has 3 heterocycles. The predicted molar refractivity (Wildman–Crippen MR) is 90.3 cm³/mol. The lowest BCUT2D eigenvalue weighted by atomic mass is 10.1. The van der Waals surface area contributed by atoms with Gasteiger partial charge in [-0.3, -0.25) is 14.0 Å². The Labute approximate surface area is 146 Å². The molecule has 1 atom stereocenters. The number of carbonyl (C=O) groups is 1. The Bertz CT molecular complexity index is 983. The largest absolute Gasteiger partial charge is 0.370 e. The molecule has 0 unspecified atom stereocenters. The van der Waals surface area contributed by atoms with E-state index in [1.54, 1.807) is 28.6 Å². The Morgan fingerprint density at radius 3 is 2.92 bits per heavy atom. The SMILES string of the molecule is O=C(c1cnc2sccn2c1=O)N1CCO[C@@H](c2ccc(F)cc2)C1. The van der Waals surface area contributed by atoms with Crippen LogP contribution in [0.25, 0.3) is 4.96 Å². The van der Waals surface area contributed by atoms with Crippen molar-refractivity contribution in [1.29, 1.82) is 0 Å². The van der Waals surface area contributed by atoms with Crippen molar-refractivity contribution < 1.29 is 13.9 Å². The monoisotopic (exact) mass is 359 g/mol. The van der Waals surface area contributed by atoms with Crippen LogP contribution < -0.4 is 5.56 Å². The van der Waals surface area contributed by atoms with Gasteiger partial charge in [-0.1, -0.05) is 12.1 Å². The molecule has 0 spiro atoms. The molecule has 0 saturated carbocycles. The van der Waals surface area contributed by atoms with E-state index < -0.39 is 0 Å². The molecule has 4 rings (SSSR count). The highest BCUT2D eigenvalue weighted by Crippen LogP contribution is 2.23. The van der Waals surface area contributed by atoms with Crippen LogP contribution in [0.15, 0.2) is 46.8 Å². The second-order valence-electron chi connectivity index (χ2n) is 5.69. The van der Waals surface area contributed by atoms with Gasteiger partial charge in [0, 0.05) is 24.3 Å². The summed E-state index contributed by atoms with van der Waals surface area (Å²) in [4.78, 5) is 31.5. The normalized spacial score (nSPS) is 17.8. The average molecular weight is 359 g/mol. The lowest BCUT2D eigenvalue weighted by Gasteiger charge is -2.33. The minimum atomic E-state index is -0.374. The lowest BCUT2D eigenvalue weighted by molar-refractivity contribution is -0.0229. The van der Waals surface area contributed by atoms with Crippen molar-refractivity contribution in [1.82, 2.24) is 14.3 Å². The van der Waals surface area contributed by atoms with Gasteiger partial charge < -0.3 is 9.64 Å². The molecule has 0 aliphatic carbocycles. The van der Waals surface area contributed by atoms with Gasteiger partial charge >= 0.3 is 0 Å². The fourth-order valence-corrected chi connectivity index (χ4v) is 3.53. The summed E-state index contributed by atoms with van der Waals surface area (Å²) in [6, 6.07) is 6.00. The molecule has 1 amide bonds. The van der Waals surface area contributed by atoms with Crippen LogP contribution in [0.3, 0.4) is 0 Å². The van der Waals surface area contributed by atoms with Crippen molar-refractivity contribution in [3.63, 3.8) is 0 Å². The highest BCUT2D eigenvalue weighted by Gasteiger charge is 2.28. The summed E-state index contributed by atoms with van der Waals surface area (Å²) in [7, 11) is 0. The summed E-state index contributed by atoms with van der Waals surface area (Å²) in [6.07, 6.45) is 2.59. The van der Waals surface area contributed by atoms with Crippen LogP contribution in [0.2, 0.25) is 0 Å². The first kappa shape index (κ1) is 15.9. The number of rotatable bonds is 2. The standard InChI is InChI=1S/C17H14FN3O3S/c18-12-3-1-11(2-4-12)14-10-20(5-7-24-14)15(22)13-9-19-17-21(16(13)23)6-8-25-17/h1-4,6,8-9,14H,5,7,10H2/t14-/m1/s1. The molecule has 0 N–H and O–H groups in total. The van der Waals surface area contributed by atoms with E-state index in [1.165, 1.54) is 34.1 Å². The summed E-state index contributed by atoms with van der Waals surface area (Å²) in [6.45, 7) is 1.04. The van der Waals surface area contributed by atoms with E-state index in [1.807, 2.05) is 0 Å². The van der Waals surface area contributed by atoms with E-state index in [2.05, 4.69) is 4.98 Å². The molecule has 8 heteroatoms. The van der Waals surface area contributed by atoms with Crippen molar-refractivity contribution >= 4 is 22.2 Å². The predicted octanol–water partition coefficient (Wildman–Crippen LogP) is 2.11. The van der Waals surface area contributed by atoms with Gasteiger partial charge in [0.25, 0.3) is 11.5 Å². The molecule has 2 aromatic heterocycles. The Kier molecular flexibility index (Phi) is 4.06. The van der Waals surface area contributed by atoms with Gasteiger partial charge in [-0.05, 0) is 17.7 Å². The van der Waals surface area contributed by atoms with Crippen LogP contribution in [0, 0.1) is 5.82 Å². The fourth-order valence-electron chi connectivity index (χ4n) is 2.85. The maximum atomic E-state index is 13.1. The minimum absolute atomic E-state index is 0.0376. The van der Waals surface area contributed by atoms with Crippen molar-refractivity contribution in [2.45, 2.75) is 6.10 Å². The Morgan fingerprint density at radius 1 is 1.32 bits per heavy atom. The summed E-state index contributed by atoms with van der Waals surface area (Å²) in [5, 5.41) is 1.75. The number of carbonyl (C=O) groups excluding carboxylic acids is 1. The van der Waals surface area contributed by atoms with E-state index in [9.17, 15) is 14.0 Å². The number of hydrogen-bond acceptors (Lipinski definition) is 5. The zero-order valence-electron chi connectivity index (χ0n) is 13.1. The number of halogens is 1. The summed E-state index contributed by atoms with van der Waals surface area (Å²) in [5.41, 5.74) is 0.457. The molecule has 0 bridgehead atoms. The van der Waals surface area contributed by atoms with Gasteiger partial charge in [-0.2, -0.15) is 0 Å². The highest BCUT2D eigenvalue weighted by molar-refractivity contribution is 7.15. The number of fused-ring (bicyclic) bond motifs is 1. The molecule has 1 saturated heterocycles. The van der Waals surface area contributed by atoms with Gasteiger partial charge in [-0.15, -0.1) is 11.3 Å². The van der Waals surface area contributed by atoms with Crippen LogP contribution in [0.1, 0.15) is 22.0 Å². The number of benzene rings is 1. The van der Waals surface area contributed by atoms with Crippen molar-refractivity contribution in [2.75, 3.05) is 19.7 Å². The molecule has 1 aliphatic heterocycles. The van der Waals surface area contributed by atoms with Gasteiger partial charge in [0.05, 0.1) is 13.2 Å². The van der Waals surface area contributed by atoms with Crippen molar-refractivity contribution in [3.8, 4) is 0 Å². The first-order valence-electron chi connectivity index (χ1n) is 7.75. The smallest absolute Gasteiger partial charge is 0.271 e. The van der Waals surface area contributed by atoms with Crippen LogP contribution >= 0.6 is 11.3 Å². The summed E-state index contributed by atoms with van der Waals surface area (Å²) in [5.74, 6) is -0.691. The zero-order valence-corrected chi connectivity index (χ0v) is 13.9. The van der Waals surface area contributed by atoms with Gasteiger partial charge in [0.1, 0.15) is 17.5 Å². The van der Waals surface area contributed by atoms with Crippen LogP contribution in [0.5, 0.6) is 0 Å². The minimum Gasteiger partial charge on any atom is -0.370 e. The molecule has 1 fully saturated rings. The quantitative estimate of drug-likeness (QED) is 0.703. The first-order valence-corrected chi connectivity index (χ1v) is 8.62. The van der Waals surface area contributed by atoms with Crippen molar-refractivity contribution in [2.24, 2.45) is 0 Å². The number of aromatic nitrogens is 2.